The number of fused-ring (bicyclic) bond motifs is 1. The second kappa shape index (κ2) is 5.33. The Morgan fingerprint density at radius 1 is 1.52 bits per heavy atom. The number of aromatic amines is 1. The van der Waals surface area contributed by atoms with Gasteiger partial charge in [-0.05, 0) is 13.8 Å². The standard InChI is InChI=1S/C14H18N4O3/c1-7-4-11-12(8(2)20-7)17-18-13(11)14(19)16-6-10-5-15-9(3)21-10/h5,7-8H,4,6H2,1-3H3,(H,16,19)(H,17,18)/t7-,8+/m1/s1. The van der Waals surface area contributed by atoms with Gasteiger partial charge in [-0.2, -0.15) is 5.10 Å². The highest BCUT2D eigenvalue weighted by Crippen LogP contribution is 2.29. The van der Waals surface area contributed by atoms with Crippen molar-refractivity contribution in [3.05, 3.63) is 34.8 Å². The fourth-order valence-electron chi connectivity index (χ4n) is 2.60. The molecule has 0 unspecified atom stereocenters. The molecule has 1 amide bonds. The molecule has 2 aromatic rings. The van der Waals surface area contributed by atoms with Crippen LogP contribution in [0.2, 0.25) is 0 Å². The maximum atomic E-state index is 12.3. The fourth-order valence-corrected chi connectivity index (χ4v) is 2.60. The molecule has 0 aliphatic carbocycles. The summed E-state index contributed by atoms with van der Waals surface area (Å²) in [5.41, 5.74) is 2.25. The third-order valence-electron chi connectivity index (χ3n) is 3.54. The first-order valence-electron chi connectivity index (χ1n) is 6.96. The third kappa shape index (κ3) is 2.69. The van der Waals surface area contributed by atoms with Crippen LogP contribution >= 0.6 is 0 Å². The Balaban J connectivity index is 1.73. The minimum absolute atomic E-state index is 0.0743. The summed E-state index contributed by atoms with van der Waals surface area (Å²) in [6.07, 6.45) is 2.29. The second-order valence-corrected chi connectivity index (χ2v) is 5.29. The highest BCUT2D eigenvalue weighted by molar-refractivity contribution is 5.94. The molecule has 1 aliphatic rings. The van der Waals surface area contributed by atoms with Crippen molar-refractivity contribution in [1.29, 1.82) is 0 Å². The number of carbonyl (C=O) groups is 1. The van der Waals surface area contributed by atoms with Gasteiger partial charge in [0, 0.05) is 18.9 Å². The van der Waals surface area contributed by atoms with Gasteiger partial charge in [0.25, 0.3) is 5.91 Å². The van der Waals surface area contributed by atoms with E-state index in [1.165, 1.54) is 0 Å². The minimum atomic E-state index is -0.220. The van der Waals surface area contributed by atoms with Gasteiger partial charge in [-0.15, -0.1) is 0 Å². The number of ether oxygens (including phenoxy) is 1. The third-order valence-corrected chi connectivity index (χ3v) is 3.54. The van der Waals surface area contributed by atoms with Crippen LogP contribution in [0.5, 0.6) is 0 Å². The summed E-state index contributed by atoms with van der Waals surface area (Å²) >= 11 is 0. The minimum Gasteiger partial charge on any atom is -0.444 e. The van der Waals surface area contributed by atoms with Crippen molar-refractivity contribution in [3.8, 4) is 0 Å². The van der Waals surface area contributed by atoms with Crippen LogP contribution in [0.15, 0.2) is 10.6 Å². The highest BCUT2D eigenvalue weighted by Gasteiger charge is 2.29. The predicted octanol–water partition coefficient (Wildman–Crippen LogP) is 1.66. The van der Waals surface area contributed by atoms with E-state index in [9.17, 15) is 4.79 Å². The first-order chi connectivity index (χ1) is 10.0. The topological polar surface area (TPSA) is 93.0 Å². The van der Waals surface area contributed by atoms with Crippen molar-refractivity contribution in [2.45, 2.75) is 45.9 Å². The van der Waals surface area contributed by atoms with E-state index in [0.29, 0.717) is 30.3 Å². The Morgan fingerprint density at radius 2 is 2.33 bits per heavy atom. The van der Waals surface area contributed by atoms with Gasteiger partial charge in [-0.3, -0.25) is 9.89 Å². The Hall–Kier alpha value is -2.15. The average Bonchev–Trinajstić information content (AvgIpc) is 3.02. The molecule has 3 rings (SSSR count). The average molecular weight is 290 g/mol. The van der Waals surface area contributed by atoms with Crippen LogP contribution in [0.3, 0.4) is 0 Å². The molecule has 3 heterocycles. The van der Waals surface area contributed by atoms with Gasteiger partial charge in [0.1, 0.15) is 5.76 Å². The van der Waals surface area contributed by atoms with Gasteiger partial charge in [-0.1, -0.05) is 0 Å². The lowest BCUT2D eigenvalue weighted by molar-refractivity contribution is -0.00697. The molecular formula is C14H18N4O3. The van der Waals surface area contributed by atoms with Crippen LogP contribution in [0.4, 0.5) is 0 Å². The van der Waals surface area contributed by atoms with Crippen molar-refractivity contribution in [2.24, 2.45) is 0 Å². The van der Waals surface area contributed by atoms with Gasteiger partial charge in [-0.25, -0.2) is 4.98 Å². The highest BCUT2D eigenvalue weighted by atomic mass is 16.5. The molecule has 0 fully saturated rings. The zero-order valence-corrected chi connectivity index (χ0v) is 12.3. The molecule has 0 bridgehead atoms. The zero-order chi connectivity index (χ0) is 15.0. The number of aryl methyl sites for hydroxylation is 1. The molecule has 2 atom stereocenters. The summed E-state index contributed by atoms with van der Waals surface area (Å²) in [4.78, 5) is 16.3. The van der Waals surface area contributed by atoms with E-state index in [2.05, 4.69) is 20.5 Å². The maximum Gasteiger partial charge on any atom is 0.272 e. The summed E-state index contributed by atoms with van der Waals surface area (Å²) < 4.78 is 11.0. The number of nitrogens with one attached hydrogen (secondary N) is 2. The number of hydrogen-bond acceptors (Lipinski definition) is 5. The molecule has 112 valence electrons. The summed E-state index contributed by atoms with van der Waals surface area (Å²) in [7, 11) is 0. The first kappa shape index (κ1) is 13.8. The van der Waals surface area contributed by atoms with Crippen molar-refractivity contribution in [3.63, 3.8) is 0 Å². The molecule has 21 heavy (non-hydrogen) atoms. The van der Waals surface area contributed by atoms with E-state index >= 15 is 0 Å². The summed E-state index contributed by atoms with van der Waals surface area (Å²) in [5.74, 6) is 0.981. The van der Waals surface area contributed by atoms with Gasteiger partial charge in [0.15, 0.2) is 11.6 Å². The van der Waals surface area contributed by atoms with Crippen LogP contribution in [-0.4, -0.2) is 27.2 Å². The van der Waals surface area contributed by atoms with E-state index in [0.717, 1.165) is 11.3 Å². The van der Waals surface area contributed by atoms with Gasteiger partial charge >= 0.3 is 0 Å². The summed E-state index contributed by atoms with van der Waals surface area (Å²) in [5, 5.41) is 9.84. The van der Waals surface area contributed by atoms with Crippen LogP contribution in [0.1, 0.15) is 53.3 Å². The lowest BCUT2D eigenvalue weighted by Gasteiger charge is -2.25. The number of amides is 1. The second-order valence-electron chi connectivity index (χ2n) is 5.29. The number of rotatable bonds is 3. The molecule has 2 aromatic heterocycles. The van der Waals surface area contributed by atoms with Gasteiger partial charge in [0.2, 0.25) is 0 Å². The molecule has 1 aliphatic heterocycles. The lowest BCUT2D eigenvalue weighted by Crippen LogP contribution is -2.27. The van der Waals surface area contributed by atoms with Crippen molar-refractivity contribution < 1.29 is 13.9 Å². The lowest BCUT2D eigenvalue weighted by atomic mass is 9.99. The van der Waals surface area contributed by atoms with E-state index in [1.807, 2.05) is 13.8 Å². The van der Waals surface area contributed by atoms with Gasteiger partial charge in [0.05, 0.1) is 30.6 Å². The molecule has 2 N–H and O–H groups in total. The Kier molecular flexibility index (Phi) is 3.50. The van der Waals surface area contributed by atoms with E-state index < -0.39 is 0 Å². The fraction of sp³-hybridized carbons (Fsp3) is 0.500. The van der Waals surface area contributed by atoms with Crippen LogP contribution in [0, 0.1) is 6.92 Å². The number of oxazole rings is 1. The van der Waals surface area contributed by atoms with Crippen molar-refractivity contribution >= 4 is 5.91 Å². The van der Waals surface area contributed by atoms with Crippen molar-refractivity contribution in [1.82, 2.24) is 20.5 Å². The van der Waals surface area contributed by atoms with E-state index in [4.69, 9.17) is 9.15 Å². The SMILES string of the molecule is Cc1ncc(CNC(=O)c2n[nH]c3c2C[C@@H](C)O[C@H]3C)o1. The van der Waals surface area contributed by atoms with E-state index in [-0.39, 0.29) is 18.1 Å². The number of nitrogens with zero attached hydrogens (tertiary/aromatic N) is 2. The van der Waals surface area contributed by atoms with Crippen LogP contribution in [0.25, 0.3) is 0 Å². The van der Waals surface area contributed by atoms with Crippen LogP contribution < -0.4 is 5.32 Å². The number of carbonyl (C=O) groups excluding carboxylic acids is 1. The molecule has 0 spiro atoms. The van der Waals surface area contributed by atoms with Crippen molar-refractivity contribution in [2.75, 3.05) is 0 Å². The van der Waals surface area contributed by atoms with Crippen LogP contribution in [-0.2, 0) is 17.7 Å². The smallest absolute Gasteiger partial charge is 0.272 e. The normalized spacial score (nSPS) is 21.1. The summed E-state index contributed by atoms with van der Waals surface area (Å²) in [6.45, 7) is 6.00. The quantitative estimate of drug-likeness (QED) is 0.896. The molecule has 0 saturated carbocycles. The Morgan fingerprint density at radius 3 is 3.05 bits per heavy atom. The molecule has 0 radical (unpaired) electrons. The molecule has 0 saturated heterocycles. The molecule has 7 nitrogen and oxygen atoms in total. The van der Waals surface area contributed by atoms with E-state index in [1.54, 1.807) is 13.1 Å². The first-order valence-corrected chi connectivity index (χ1v) is 6.96. The largest absolute Gasteiger partial charge is 0.444 e. The predicted molar refractivity (Wildman–Crippen MR) is 73.7 cm³/mol. The Labute approximate surface area is 122 Å². The molecule has 7 heteroatoms. The summed E-state index contributed by atoms with van der Waals surface area (Å²) in [6, 6.07) is 0. The number of H-pyrrole nitrogens is 1. The number of aromatic nitrogens is 3. The monoisotopic (exact) mass is 290 g/mol. The zero-order valence-electron chi connectivity index (χ0n) is 12.3. The molecule has 0 aromatic carbocycles. The Bertz CT molecular complexity index is 661. The molecular weight excluding hydrogens is 272 g/mol. The number of hydrogen-bond donors (Lipinski definition) is 2. The van der Waals surface area contributed by atoms with Gasteiger partial charge < -0.3 is 14.5 Å². The maximum absolute atomic E-state index is 12.3.